The number of hydrogen-bond acceptors (Lipinski definition) is 2. The lowest BCUT2D eigenvalue weighted by Crippen LogP contribution is -1.79. The van der Waals surface area contributed by atoms with E-state index in [1.165, 1.54) is 6.39 Å². The number of aromatic nitrogens is 1. The first kappa shape index (κ1) is 8.08. The van der Waals surface area contributed by atoms with Crippen LogP contribution in [-0.4, -0.2) is 4.98 Å². The van der Waals surface area contributed by atoms with Crippen LogP contribution < -0.4 is 0 Å². The lowest BCUT2D eigenvalue weighted by molar-refractivity contribution is 0.602. The molecule has 0 fully saturated rings. The molecule has 0 aliphatic rings. The van der Waals surface area contributed by atoms with Gasteiger partial charge in [0.2, 0.25) is 0 Å². The van der Waals surface area contributed by atoms with Crippen LogP contribution >= 0.6 is 27.5 Å². The SMILES string of the molecule is Cc1c(Br)cc(Cl)c2ocnc12. The Balaban J connectivity index is 2.97. The van der Waals surface area contributed by atoms with Crippen molar-refractivity contribution in [1.29, 1.82) is 0 Å². The average Bonchev–Trinajstić information content (AvgIpc) is 2.48. The van der Waals surface area contributed by atoms with Crippen LogP contribution in [0.15, 0.2) is 21.3 Å². The van der Waals surface area contributed by atoms with Gasteiger partial charge in [-0.2, -0.15) is 0 Å². The van der Waals surface area contributed by atoms with E-state index in [9.17, 15) is 0 Å². The van der Waals surface area contributed by atoms with Gasteiger partial charge in [0.25, 0.3) is 0 Å². The van der Waals surface area contributed by atoms with Crippen LogP contribution in [0.1, 0.15) is 5.56 Å². The third-order valence-electron chi connectivity index (χ3n) is 1.75. The molecule has 1 heterocycles. The highest BCUT2D eigenvalue weighted by Crippen LogP contribution is 2.30. The molecule has 0 amide bonds. The summed E-state index contributed by atoms with van der Waals surface area (Å²) in [6.07, 6.45) is 1.40. The van der Waals surface area contributed by atoms with Gasteiger partial charge in [-0.15, -0.1) is 0 Å². The van der Waals surface area contributed by atoms with Crippen molar-refractivity contribution in [3.8, 4) is 0 Å². The van der Waals surface area contributed by atoms with E-state index in [4.69, 9.17) is 16.0 Å². The zero-order valence-corrected chi connectivity index (χ0v) is 8.61. The summed E-state index contributed by atoms with van der Waals surface area (Å²) in [5, 5.41) is 0.583. The fraction of sp³-hybridized carbons (Fsp3) is 0.125. The Morgan fingerprint density at radius 2 is 2.33 bits per heavy atom. The van der Waals surface area contributed by atoms with Crippen LogP contribution in [-0.2, 0) is 0 Å². The van der Waals surface area contributed by atoms with Crippen LogP contribution in [0.3, 0.4) is 0 Å². The topological polar surface area (TPSA) is 26.0 Å². The molecule has 0 N–H and O–H groups in total. The second-order valence-electron chi connectivity index (χ2n) is 2.50. The van der Waals surface area contributed by atoms with E-state index < -0.39 is 0 Å². The molecule has 1 aromatic carbocycles. The quantitative estimate of drug-likeness (QED) is 0.710. The predicted molar refractivity (Wildman–Crippen MR) is 51.5 cm³/mol. The standard InChI is InChI=1S/C8H5BrClNO/c1-4-5(9)2-6(10)8-7(4)11-3-12-8/h2-3H,1H3. The molecule has 1 aromatic heterocycles. The number of oxazole rings is 1. The lowest BCUT2D eigenvalue weighted by Gasteiger charge is -1.98. The van der Waals surface area contributed by atoms with Crippen LogP contribution in [0.25, 0.3) is 11.1 Å². The minimum atomic E-state index is 0.583. The Kier molecular flexibility index (Phi) is 1.85. The summed E-state index contributed by atoms with van der Waals surface area (Å²) in [4.78, 5) is 4.06. The van der Waals surface area contributed by atoms with E-state index in [0.717, 1.165) is 15.6 Å². The van der Waals surface area contributed by atoms with E-state index in [2.05, 4.69) is 20.9 Å². The summed E-state index contributed by atoms with van der Waals surface area (Å²) in [5.41, 5.74) is 2.51. The van der Waals surface area contributed by atoms with E-state index in [0.29, 0.717) is 10.6 Å². The number of aryl methyl sites for hydroxylation is 1. The zero-order chi connectivity index (χ0) is 8.72. The molecule has 0 aliphatic heterocycles. The number of rotatable bonds is 0. The number of hydrogen-bond donors (Lipinski definition) is 0. The molecular formula is C8H5BrClNO. The van der Waals surface area contributed by atoms with Gasteiger partial charge in [0.15, 0.2) is 12.0 Å². The molecule has 4 heteroatoms. The smallest absolute Gasteiger partial charge is 0.182 e. The molecule has 2 rings (SSSR count). The lowest BCUT2D eigenvalue weighted by atomic mass is 10.2. The van der Waals surface area contributed by atoms with Gasteiger partial charge >= 0.3 is 0 Å². The Bertz CT molecular complexity index is 438. The van der Waals surface area contributed by atoms with E-state index in [1.807, 2.05) is 13.0 Å². The summed E-state index contributed by atoms with van der Waals surface area (Å²) in [6, 6.07) is 1.81. The first-order chi connectivity index (χ1) is 5.70. The highest BCUT2D eigenvalue weighted by molar-refractivity contribution is 9.10. The molecule has 0 spiro atoms. The van der Waals surface area contributed by atoms with Gasteiger partial charge in [0, 0.05) is 4.47 Å². The first-order valence-corrected chi connectivity index (χ1v) is 4.55. The molecule has 62 valence electrons. The van der Waals surface area contributed by atoms with E-state index in [-0.39, 0.29) is 0 Å². The number of benzene rings is 1. The molecule has 2 aromatic rings. The minimum Gasteiger partial charge on any atom is -0.442 e. The fourth-order valence-corrected chi connectivity index (χ4v) is 1.87. The Labute approximate surface area is 82.7 Å². The first-order valence-electron chi connectivity index (χ1n) is 3.38. The molecule has 0 atom stereocenters. The van der Waals surface area contributed by atoms with Crippen molar-refractivity contribution in [2.24, 2.45) is 0 Å². The van der Waals surface area contributed by atoms with Crippen molar-refractivity contribution in [3.63, 3.8) is 0 Å². The average molecular weight is 246 g/mol. The largest absolute Gasteiger partial charge is 0.442 e. The normalized spacial score (nSPS) is 10.9. The summed E-state index contributed by atoms with van der Waals surface area (Å²) in [6.45, 7) is 1.96. The second kappa shape index (κ2) is 2.75. The molecule has 12 heavy (non-hydrogen) atoms. The minimum absolute atomic E-state index is 0.583. The number of fused-ring (bicyclic) bond motifs is 1. The van der Waals surface area contributed by atoms with Crippen molar-refractivity contribution in [3.05, 3.63) is 27.5 Å². The summed E-state index contributed by atoms with van der Waals surface area (Å²) in [5.74, 6) is 0. The fourth-order valence-electron chi connectivity index (χ4n) is 1.08. The van der Waals surface area contributed by atoms with Gasteiger partial charge in [-0.1, -0.05) is 27.5 Å². The third-order valence-corrected chi connectivity index (χ3v) is 2.86. The van der Waals surface area contributed by atoms with Gasteiger partial charge in [0.1, 0.15) is 5.52 Å². The monoisotopic (exact) mass is 245 g/mol. The van der Waals surface area contributed by atoms with Crippen LogP contribution in [0, 0.1) is 6.92 Å². The molecule has 0 bridgehead atoms. The van der Waals surface area contributed by atoms with Crippen LogP contribution in [0.2, 0.25) is 5.02 Å². The zero-order valence-electron chi connectivity index (χ0n) is 6.27. The summed E-state index contributed by atoms with van der Waals surface area (Å²) < 4.78 is 6.07. The van der Waals surface area contributed by atoms with Crippen molar-refractivity contribution in [1.82, 2.24) is 4.98 Å². The molecule has 0 saturated heterocycles. The van der Waals surface area contributed by atoms with E-state index >= 15 is 0 Å². The third kappa shape index (κ3) is 1.04. The predicted octanol–water partition coefficient (Wildman–Crippen LogP) is 3.55. The van der Waals surface area contributed by atoms with Gasteiger partial charge in [0.05, 0.1) is 5.02 Å². The molecule has 0 aliphatic carbocycles. The molecule has 2 nitrogen and oxygen atoms in total. The van der Waals surface area contributed by atoms with Crippen molar-refractivity contribution in [2.45, 2.75) is 6.92 Å². The Morgan fingerprint density at radius 1 is 1.58 bits per heavy atom. The van der Waals surface area contributed by atoms with Crippen molar-refractivity contribution < 1.29 is 4.42 Å². The maximum absolute atomic E-state index is 5.91. The van der Waals surface area contributed by atoms with Crippen molar-refractivity contribution in [2.75, 3.05) is 0 Å². The molecule has 0 unspecified atom stereocenters. The summed E-state index contributed by atoms with van der Waals surface area (Å²) in [7, 11) is 0. The summed E-state index contributed by atoms with van der Waals surface area (Å²) >= 11 is 9.30. The van der Waals surface area contributed by atoms with Gasteiger partial charge in [-0.25, -0.2) is 4.98 Å². The Hall–Kier alpha value is -0.540. The van der Waals surface area contributed by atoms with Crippen molar-refractivity contribution >= 4 is 38.6 Å². The Morgan fingerprint density at radius 3 is 3.08 bits per heavy atom. The number of halogens is 2. The highest BCUT2D eigenvalue weighted by Gasteiger charge is 2.09. The van der Waals surface area contributed by atoms with Gasteiger partial charge in [-0.05, 0) is 18.6 Å². The van der Waals surface area contributed by atoms with Crippen LogP contribution in [0.4, 0.5) is 0 Å². The molecule has 0 saturated carbocycles. The van der Waals surface area contributed by atoms with Gasteiger partial charge < -0.3 is 4.42 Å². The maximum Gasteiger partial charge on any atom is 0.182 e. The molecule has 0 radical (unpaired) electrons. The van der Waals surface area contributed by atoms with Crippen LogP contribution in [0.5, 0.6) is 0 Å². The van der Waals surface area contributed by atoms with Gasteiger partial charge in [-0.3, -0.25) is 0 Å². The molecular weight excluding hydrogens is 241 g/mol. The second-order valence-corrected chi connectivity index (χ2v) is 3.76. The maximum atomic E-state index is 5.91. The number of nitrogens with zero attached hydrogens (tertiary/aromatic N) is 1. The highest BCUT2D eigenvalue weighted by atomic mass is 79.9. The van der Waals surface area contributed by atoms with E-state index in [1.54, 1.807) is 0 Å².